The van der Waals surface area contributed by atoms with E-state index in [0.717, 1.165) is 12.0 Å². The first-order chi connectivity index (χ1) is 11.0. The molecule has 0 aliphatic rings. The van der Waals surface area contributed by atoms with Crippen LogP contribution in [-0.4, -0.2) is 11.1 Å². The van der Waals surface area contributed by atoms with Crippen molar-refractivity contribution in [3.8, 4) is 0 Å². The minimum Gasteiger partial charge on any atom is -0.348 e. The number of halogens is 2. The normalized spacial score (nSPS) is 12.7. The molecule has 0 saturated heterocycles. The fraction of sp³-hybridized carbons (Fsp3) is 0.263. The maximum absolute atomic E-state index is 6.37. The van der Waals surface area contributed by atoms with Crippen molar-refractivity contribution in [3.05, 3.63) is 69.3 Å². The van der Waals surface area contributed by atoms with Gasteiger partial charge in [0.25, 0.3) is 0 Å². The van der Waals surface area contributed by atoms with Gasteiger partial charge in [-0.2, -0.15) is 0 Å². The van der Waals surface area contributed by atoms with E-state index in [-0.39, 0.29) is 5.92 Å². The third kappa shape index (κ3) is 2.87. The summed E-state index contributed by atoms with van der Waals surface area (Å²) in [5.74, 6) is 0.206. The number of aromatic nitrogens is 1. The zero-order valence-electron chi connectivity index (χ0n) is 13.3. The Bertz CT molecular complexity index is 852. The van der Waals surface area contributed by atoms with Crippen molar-refractivity contribution in [1.82, 2.24) is 4.57 Å². The first-order valence-electron chi connectivity index (χ1n) is 7.71. The molecule has 0 radical (unpaired) electrons. The Kier molecular flexibility index (Phi) is 4.67. The van der Waals surface area contributed by atoms with Gasteiger partial charge in [-0.3, -0.25) is 0 Å². The van der Waals surface area contributed by atoms with Crippen molar-refractivity contribution >= 4 is 34.1 Å². The van der Waals surface area contributed by atoms with E-state index in [2.05, 4.69) is 42.8 Å². The number of hydrogen-bond acceptors (Lipinski definition) is 1. The highest BCUT2D eigenvalue weighted by Gasteiger charge is 2.21. The van der Waals surface area contributed by atoms with Crippen LogP contribution in [0.5, 0.6) is 0 Å². The maximum atomic E-state index is 6.37. The number of fused-ring (bicyclic) bond motifs is 1. The second-order valence-corrected chi connectivity index (χ2v) is 6.71. The average Bonchev–Trinajstić information content (AvgIpc) is 2.81. The molecule has 1 heterocycles. The summed E-state index contributed by atoms with van der Waals surface area (Å²) in [6.07, 6.45) is 0.782. The fourth-order valence-electron chi connectivity index (χ4n) is 3.34. The number of nitrogens with zero attached hydrogens (tertiary/aromatic N) is 1. The first-order valence-corrected chi connectivity index (χ1v) is 8.47. The molecule has 0 spiro atoms. The van der Waals surface area contributed by atoms with Gasteiger partial charge in [0.2, 0.25) is 0 Å². The van der Waals surface area contributed by atoms with Gasteiger partial charge in [-0.15, -0.1) is 0 Å². The van der Waals surface area contributed by atoms with Crippen LogP contribution in [0.1, 0.15) is 22.7 Å². The zero-order chi connectivity index (χ0) is 16.6. The monoisotopic (exact) mass is 346 g/mol. The van der Waals surface area contributed by atoms with Crippen molar-refractivity contribution in [3.63, 3.8) is 0 Å². The highest BCUT2D eigenvalue weighted by molar-refractivity contribution is 6.42. The Hall–Kier alpha value is -1.48. The molecule has 23 heavy (non-hydrogen) atoms. The van der Waals surface area contributed by atoms with Crippen molar-refractivity contribution in [2.45, 2.75) is 19.3 Å². The lowest BCUT2D eigenvalue weighted by atomic mass is 9.90. The largest absolute Gasteiger partial charge is 0.348 e. The van der Waals surface area contributed by atoms with Crippen LogP contribution in [-0.2, 0) is 13.5 Å². The lowest BCUT2D eigenvalue weighted by molar-refractivity contribution is 0.688. The van der Waals surface area contributed by atoms with Gasteiger partial charge in [-0.05, 0) is 43.1 Å². The second kappa shape index (κ2) is 6.56. The van der Waals surface area contributed by atoms with Crippen LogP contribution >= 0.6 is 23.2 Å². The van der Waals surface area contributed by atoms with Crippen molar-refractivity contribution < 1.29 is 0 Å². The van der Waals surface area contributed by atoms with Gasteiger partial charge in [0, 0.05) is 29.6 Å². The molecule has 0 bridgehead atoms. The molecule has 1 aromatic heterocycles. The topological polar surface area (TPSA) is 30.9 Å². The molecule has 0 aliphatic carbocycles. The molecule has 0 saturated carbocycles. The molecule has 120 valence electrons. The van der Waals surface area contributed by atoms with Gasteiger partial charge in [0.05, 0.1) is 10.0 Å². The molecule has 0 amide bonds. The summed E-state index contributed by atoms with van der Waals surface area (Å²) in [6, 6.07) is 14.2. The number of aryl methyl sites for hydroxylation is 1. The summed E-state index contributed by atoms with van der Waals surface area (Å²) < 4.78 is 2.23. The van der Waals surface area contributed by atoms with Gasteiger partial charge in [-0.25, -0.2) is 0 Å². The number of nitrogens with two attached hydrogens (primary N) is 1. The summed E-state index contributed by atoms with van der Waals surface area (Å²) in [7, 11) is 2.10. The van der Waals surface area contributed by atoms with Gasteiger partial charge >= 0.3 is 0 Å². The van der Waals surface area contributed by atoms with Crippen molar-refractivity contribution in [2.75, 3.05) is 6.54 Å². The molecular weight excluding hydrogens is 327 g/mol. The Balaban J connectivity index is 2.08. The van der Waals surface area contributed by atoms with Crippen LogP contribution in [0.15, 0.2) is 42.5 Å². The number of benzene rings is 2. The smallest absolute Gasteiger partial charge is 0.0624 e. The molecule has 3 aromatic rings. The lowest BCUT2D eigenvalue weighted by Crippen LogP contribution is -2.16. The Labute approximate surface area is 146 Å². The summed E-state index contributed by atoms with van der Waals surface area (Å²) in [6.45, 7) is 2.72. The standard InChI is InChI=1S/C19H20Cl2N2/c1-12-18(15-7-3-4-9-17(15)23(12)2)14(11-22)10-13-6-5-8-16(20)19(13)21/h3-9,14H,10-11,22H2,1-2H3. The van der Waals surface area contributed by atoms with E-state index in [1.807, 2.05) is 18.2 Å². The quantitative estimate of drug-likeness (QED) is 0.701. The van der Waals surface area contributed by atoms with E-state index in [1.54, 1.807) is 0 Å². The molecule has 2 aromatic carbocycles. The van der Waals surface area contributed by atoms with E-state index < -0.39 is 0 Å². The molecule has 1 unspecified atom stereocenters. The molecular formula is C19H20Cl2N2. The van der Waals surface area contributed by atoms with Crippen molar-refractivity contribution in [2.24, 2.45) is 12.8 Å². The Morgan fingerprint density at radius 1 is 1.09 bits per heavy atom. The highest BCUT2D eigenvalue weighted by Crippen LogP contribution is 2.35. The minimum atomic E-state index is 0.206. The van der Waals surface area contributed by atoms with Crippen LogP contribution in [0.25, 0.3) is 10.9 Å². The van der Waals surface area contributed by atoms with Crippen molar-refractivity contribution in [1.29, 1.82) is 0 Å². The minimum absolute atomic E-state index is 0.206. The third-order valence-electron chi connectivity index (χ3n) is 4.64. The molecule has 2 nitrogen and oxygen atoms in total. The predicted octanol–water partition coefficient (Wildman–Crippen LogP) is 5.08. The zero-order valence-corrected chi connectivity index (χ0v) is 14.8. The summed E-state index contributed by atoms with van der Waals surface area (Å²) >= 11 is 12.5. The Morgan fingerprint density at radius 2 is 1.83 bits per heavy atom. The molecule has 0 aliphatic heterocycles. The third-order valence-corrected chi connectivity index (χ3v) is 5.50. The SMILES string of the molecule is Cc1c(C(CN)Cc2cccc(Cl)c2Cl)c2ccccc2n1C. The molecule has 1 atom stereocenters. The van der Waals surface area contributed by atoms with Gasteiger partial charge in [0.15, 0.2) is 0 Å². The predicted molar refractivity (Wildman–Crippen MR) is 99.6 cm³/mol. The van der Waals surface area contributed by atoms with Crippen LogP contribution in [0.2, 0.25) is 10.0 Å². The summed E-state index contributed by atoms with van der Waals surface area (Å²) in [4.78, 5) is 0. The number of rotatable bonds is 4. The van der Waals surface area contributed by atoms with Crippen LogP contribution in [0.4, 0.5) is 0 Å². The highest BCUT2D eigenvalue weighted by atomic mass is 35.5. The summed E-state index contributed by atoms with van der Waals surface area (Å²) in [5, 5.41) is 2.49. The molecule has 4 heteroatoms. The average molecular weight is 347 g/mol. The summed E-state index contributed by atoms with van der Waals surface area (Å²) in [5.41, 5.74) is 11.0. The van der Waals surface area contributed by atoms with Gasteiger partial charge in [-0.1, -0.05) is 53.5 Å². The van der Waals surface area contributed by atoms with Gasteiger partial charge < -0.3 is 10.3 Å². The van der Waals surface area contributed by atoms with Gasteiger partial charge in [0.1, 0.15) is 0 Å². The second-order valence-electron chi connectivity index (χ2n) is 5.92. The van der Waals surface area contributed by atoms with E-state index in [0.29, 0.717) is 16.6 Å². The van der Waals surface area contributed by atoms with E-state index >= 15 is 0 Å². The first kappa shape index (κ1) is 16.4. The number of para-hydroxylation sites is 1. The van der Waals surface area contributed by atoms with E-state index in [9.17, 15) is 0 Å². The maximum Gasteiger partial charge on any atom is 0.0624 e. The van der Waals surface area contributed by atoms with Crippen LogP contribution < -0.4 is 5.73 Å². The van der Waals surface area contributed by atoms with Crippen LogP contribution in [0.3, 0.4) is 0 Å². The van der Waals surface area contributed by atoms with E-state index in [4.69, 9.17) is 28.9 Å². The van der Waals surface area contributed by atoms with E-state index in [1.165, 1.54) is 22.2 Å². The van der Waals surface area contributed by atoms with Crippen LogP contribution in [0, 0.1) is 6.92 Å². The molecule has 0 fully saturated rings. The fourth-order valence-corrected chi connectivity index (χ4v) is 3.74. The molecule has 2 N–H and O–H groups in total. The number of hydrogen-bond donors (Lipinski definition) is 1. The lowest BCUT2D eigenvalue weighted by Gasteiger charge is -2.17. The Morgan fingerprint density at radius 3 is 2.57 bits per heavy atom. The molecule has 3 rings (SSSR count).